The normalized spacial score (nSPS) is 11.5. The van der Waals surface area contributed by atoms with Crippen LogP contribution in [-0.2, 0) is 0 Å². The molecule has 0 atom stereocenters. The molecule has 0 heterocycles. The highest BCUT2D eigenvalue weighted by molar-refractivity contribution is 5.98. The lowest BCUT2D eigenvalue weighted by Gasteiger charge is -2.17. The van der Waals surface area contributed by atoms with Gasteiger partial charge in [0.05, 0.1) is 6.61 Å². The largest absolute Gasteiger partial charge is 0.491 e. The summed E-state index contributed by atoms with van der Waals surface area (Å²) in [6, 6.07) is 30.7. The molecule has 0 aromatic heterocycles. The van der Waals surface area contributed by atoms with Crippen molar-refractivity contribution in [3.63, 3.8) is 0 Å². The minimum absolute atomic E-state index is 0.0130. The lowest BCUT2D eigenvalue weighted by atomic mass is 9.87. The van der Waals surface area contributed by atoms with Gasteiger partial charge in [0.15, 0.2) is 0 Å². The van der Waals surface area contributed by atoms with E-state index in [4.69, 9.17) is 9.84 Å². The van der Waals surface area contributed by atoms with Crippen molar-refractivity contribution < 1.29 is 9.84 Å². The first-order chi connectivity index (χ1) is 13.3. The summed E-state index contributed by atoms with van der Waals surface area (Å²) in [7, 11) is 0. The van der Waals surface area contributed by atoms with Gasteiger partial charge in [0.2, 0.25) is 0 Å². The molecule has 3 rings (SSSR count). The van der Waals surface area contributed by atoms with Crippen LogP contribution in [0.3, 0.4) is 0 Å². The molecule has 3 aromatic rings. The van der Waals surface area contributed by atoms with E-state index in [2.05, 4.69) is 61.5 Å². The van der Waals surface area contributed by atoms with Crippen molar-refractivity contribution in [2.45, 2.75) is 19.8 Å². The Hall–Kier alpha value is -3.02. The summed E-state index contributed by atoms with van der Waals surface area (Å²) in [4.78, 5) is 0. The molecule has 0 fully saturated rings. The molecule has 136 valence electrons. The summed E-state index contributed by atoms with van der Waals surface area (Å²) >= 11 is 0. The fourth-order valence-corrected chi connectivity index (χ4v) is 3.20. The lowest BCUT2D eigenvalue weighted by Crippen LogP contribution is -2.01. The Labute approximate surface area is 161 Å². The molecule has 0 aliphatic heterocycles. The van der Waals surface area contributed by atoms with Gasteiger partial charge < -0.3 is 9.84 Å². The molecule has 27 heavy (non-hydrogen) atoms. The Bertz CT molecular complexity index is 850. The summed E-state index contributed by atoms with van der Waals surface area (Å²) in [5.74, 6) is 0.764. The van der Waals surface area contributed by atoms with Gasteiger partial charge in [0, 0.05) is 0 Å². The first-order valence-electron chi connectivity index (χ1n) is 9.34. The van der Waals surface area contributed by atoms with Crippen molar-refractivity contribution in [3.05, 3.63) is 102 Å². The van der Waals surface area contributed by atoms with Crippen LogP contribution in [0.2, 0.25) is 0 Å². The van der Waals surface area contributed by atoms with Crippen LogP contribution in [0.4, 0.5) is 0 Å². The molecule has 2 heteroatoms. The van der Waals surface area contributed by atoms with E-state index in [9.17, 15) is 0 Å². The minimum Gasteiger partial charge on any atom is -0.491 e. The van der Waals surface area contributed by atoms with Gasteiger partial charge in [-0.25, -0.2) is 0 Å². The van der Waals surface area contributed by atoms with E-state index in [0.29, 0.717) is 6.61 Å². The molecule has 0 aliphatic rings. The van der Waals surface area contributed by atoms with Crippen LogP contribution in [0.5, 0.6) is 5.75 Å². The summed E-state index contributed by atoms with van der Waals surface area (Å²) in [5, 5.41) is 8.94. The van der Waals surface area contributed by atoms with Crippen LogP contribution in [0.1, 0.15) is 36.5 Å². The fraction of sp³-hybridized carbons (Fsp3) is 0.200. The highest BCUT2D eigenvalue weighted by atomic mass is 16.5. The van der Waals surface area contributed by atoms with Gasteiger partial charge in [-0.15, -0.1) is 0 Å². The van der Waals surface area contributed by atoms with Crippen LogP contribution in [0, 0.1) is 12.1 Å². The van der Waals surface area contributed by atoms with E-state index < -0.39 is 0 Å². The zero-order valence-corrected chi connectivity index (χ0v) is 15.6. The molecular weight excluding hydrogens is 332 g/mol. The average Bonchev–Trinajstić information content (AvgIpc) is 2.74. The second-order valence-corrected chi connectivity index (χ2v) is 6.29. The summed E-state index contributed by atoms with van der Waals surface area (Å²) in [5.41, 5.74) is 6.05. The average molecular weight is 356 g/mol. The van der Waals surface area contributed by atoms with Crippen LogP contribution in [0.25, 0.3) is 11.1 Å². The van der Waals surface area contributed by atoms with Gasteiger partial charge >= 0.3 is 0 Å². The molecule has 0 saturated heterocycles. The number of ether oxygens (including phenoxy) is 1. The Morgan fingerprint density at radius 3 is 2.26 bits per heavy atom. The second-order valence-electron chi connectivity index (χ2n) is 6.29. The van der Waals surface area contributed by atoms with Crippen molar-refractivity contribution in [2.24, 2.45) is 0 Å². The number of benzene rings is 2. The number of hydrogen-bond donors (Lipinski definition) is 1. The van der Waals surface area contributed by atoms with Gasteiger partial charge in [0.1, 0.15) is 12.4 Å². The monoisotopic (exact) mass is 356 g/mol. The predicted molar refractivity (Wildman–Crippen MR) is 110 cm³/mol. The van der Waals surface area contributed by atoms with Gasteiger partial charge in [-0.2, -0.15) is 0 Å². The zero-order valence-electron chi connectivity index (χ0n) is 15.6. The molecule has 0 bridgehead atoms. The predicted octanol–water partition coefficient (Wildman–Crippen LogP) is 5.42. The molecular formula is C25H24O2. The highest BCUT2D eigenvalue weighted by Gasteiger charge is 2.13. The summed E-state index contributed by atoms with van der Waals surface area (Å²) in [6.45, 7) is 2.52. The van der Waals surface area contributed by atoms with E-state index in [-0.39, 0.29) is 6.61 Å². The number of rotatable bonds is 8. The molecule has 0 spiro atoms. The number of aliphatic hydroxyl groups excluding tert-OH is 1. The third-order valence-corrected chi connectivity index (χ3v) is 4.37. The Morgan fingerprint density at radius 2 is 1.63 bits per heavy atom. The van der Waals surface area contributed by atoms with E-state index in [0.717, 1.165) is 24.2 Å². The molecule has 3 aromatic carbocycles. The summed E-state index contributed by atoms with van der Waals surface area (Å²) < 4.78 is 5.51. The lowest BCUT2D eigenvalue weighted by molar-refractivity contribution is 0.201. The third-order valence-electron chi connectivity index (χ3n) is 4.37. The maximum absolute atomic E-state index is 8.94. The quantitative estimate of drug-likeness (QED) is 0.584. The molecule has 1 N–H and O–H groups in total. The Morgan fingerprint density at radius 1 is 0.889 bits per heavy atom. The van der Waals surface area contributed by atoms with E-state index >= 15 is 0 Å². The van der Waals surface area contributed by atoms with Gasteiger partial charge in [-0.05, 0) is 64.6 Å². The standard InChI is InChI=1S/C25H24O2/c1-2-9-24(20-10-5-3-6-11-20)25(21-12-7-4-8-13-21)22-14-16-23(17-15-22)27-19-18-26/h4-5,7-8,10-17,26H,2,9,18-19H2,1H3/b25-24-. The molecule has 2 nitrogen and oxygen atoms in total. The van der Waals surface area contributed by atoms with E-state index in [1.807, 2.05) is 30.3 Å². The first kappa shape index (κ1) is 18.8. The third kappa shape index (κ3) is 4.78. The van der Waals surface area contributed by atoms with Crippen molar-refractivity contribution in [1.29, 1.82) is 0 Å². The van der Waals surface area contributed by atoms with Crippen LogP contribution in [-0.4, -0.2) is 18.3 Å². The number of aliphatic hydroxyl groups is 1. The Kier molecular flexibility index (Phi) is 6.68. The zero-order chi connectivity index (χ0) is 18.9. The smallest absolute Gasteiger partial charge is 0.119 e. The molecule has 0 unspecified atom stereocenters. The van der Waals surface area contributed by atoms with Crippen LogP contribution >= 0.6 is 0 Å². The minimum atomic E-state index is 0.0130. The van der Waals surface area contributed by atoms with Crippen molar-refractivity contribution in [1.82, 2.24) is 0 Å². The molecule has 0 radical (unpaired) electrons. The highest BCUT2D eigenvalue weighted by Crippen LogP contribution is 2.35. The van der Waals surface area contributed by atoms with E-state index in [1.165, 1.54) is 22.3 Å². The second kappa shape index (κ2) is 9.62. The Balaban J connectivity index is 2.13. The number of hydrogen-bond acceptors (Lipinski definition) is 2. The molecule has 0 saturated carbocycles. The summed E-state index contributed by atoms with van der Waals surface area (Å²) in [6.07, 6.45) is 2.03. The van der Waals surface area contributed by atoms with Gasteiger partial charge in [0.25, 0.3) is 0 Å². The van der Waals surface area contributed by atoms with Gasteiger partial charge in [-0.3, -0.25) is 0 Å². The van der Waals surface area contributed by atoms with Crippen LogP contribution < -0.4 is 4.74 Å². The topological polar surface area (TPSA) is 29.5 Å². The van der Waals surface area contributed by atoms with Crippen molar-refractivity contribution >= 4 is 11.1 Å². The van der Waals surface area contributed by atoms with Gasteiger partial charge in [-0.1, -0.05) is 67.9 Å². The van der Waals surface area contributed by atoms with E-state index in [1.54, 1.807) is 0 Å². The number of allylic oxidation sites excluding steroid dienone is 1. The molecule has 0 amide bonds. The SMILES string of the molecule is CCC/C(=C(\c1ccccc1)c1ccc(OCCO)cc1)c1cc#ccc1. The maximum atomic E-state index is 8.94. The maximum Gasteiger partial charge on any atom is 0.119 e. The van der Waals surface area contributed by atoms with Crippen LogP contribution in [0.15, 0.2) is 72.8 Å². The first-order valence-corrected chi connectivity index (χ1v) is 9.34. The van der Waals surface area contributed by atoms with Crippen molar-refractivity contribution in [2.75, 3.05) is 13.2 Å². The van der Waals surface area contributed by atoms with Crippen molar-refractivity contribution in [3.8, 4) is 5.75 Å². The fourth-order valence-electron chi connectivity index (χ4n) is 3.20. The molecule has 0 aliphatic carbocycles.